The highest BCUT2D eigenvalue weighted by atomic mass is 35.5. The second-order valence-corrected chi connectivity index (χ2v) is 6.51. The van der Waals surface area contributed by atoms with Crippen LogP contribution in [0.3, 0.4) is 0 Å². The van der Waals surface area contributed by atoms with Crippen molar-refractivity contribution in [2.45, 2.75) is 38.0 Å². The molecular weight excluding hydrogens is 323 g/mol. The zero-order valence-corrected chi connectivity index (χ0v) is 13.7. The average molecular weight is 339 g/mol. The summed E-state index contributed by atoms with van der Waals surface area (Å²) in [4.78, 5) is 11.8. The summed E-state index contributed by atoms with van der Waals surface area (Å²) in [6, 6.07) is 5.41. The molecule has 1 unspecified atom stereocenters. The smallest absolute Gasteiger partial charge is 0.242 e. The Kier molecular flexibility index (Phi) is 4.41. The number of fused-ring (bicyclic) bond motifs is 1. The largest absolute Gasteiger partial charge is 0.356 e. The predicted molar refractivity (Wildman–Crippen MR) is 87.5 cm³/mol. The van der Waals surface area contributed by atoms with Crippen molar-refractivity contribution in [2.75, 3.05) is 5.32 Å². The number of rotatable bonds is 3. The van der Waals surface area contributed by atoms with E-state index < -0.39 is 5.38 Å². The number of anilines is 1. The van der Waals surface area contributed by atoms with Gasteiger partial charge < -0.3 is 9.84 Å². The van der Waals surface area contributed by atoms with Gasteiger partial charge in [0.05, 0.1) is 16.4 Å². The molecule has 116 valence electrons. The van der Waals surface area contributed by atoms with Crippen LogP contribution in [0.4, 0.5) is 5.69 Å². The number of carbonyl (C=O) groups excluding carboxylic acids is 1. The molecule has 0 fully saturated rings. The van der Waals surface area contributed by atoms with Crippen LogP contribution in [-0.4, -0.2) is 16.4 Å². The number of hydrogen-bond donors (Lipinski definition) is 1. The molecule has 1 aromatic carbocycles. The molecule has 1 N–H and O–H groups in total. The van der Waals surface area contributed by atoms with Gasteiger partial charge in [0.1, 0.15) is 5.38 Å². The van der Waals surface area contributed by atoms with Gasteiger partial charge in [-0.05, 0) is 50.8 Å². The zero-order valence-electron chi connectivity index (χ0n) is 12.2. The van der Waals surface area contributed by atoms with Gasteiger partial charge in [0.2, 0.25) is 5.91 Å². The van der Waals surface area contributed by atoms with Gasteiger partial charge in [-0.2, -0.15) is 0 Å². The van der Waals surface area contributed by atoms with E-state index in [-0.39, 0.29) is 5.91 Å². The van der Waals surface area contributed by atoms with Crippen molar-refractivity contribution in [1.29, 1.82) is 0 Å². The number of hydrogen-bond acceptors (Lipinski definition) is 3. The number of nitrogens with one attached hydrogen (secondary N) is 1. The number of benzene rings is 1. The predicted octanol–water partition coefficient (Wildman–Crippen LogP) is 4.44. The SMILES string of the molecule is CC(Cl)C(=O)Nc1cc(-c2onc3c2CCCC3)ccc1Cl. The second-order valence-electron chi connectivity index (χ2n) is 5.44. The quantitative estimate of drug-likeness (QED) is 0.841. The van der Waals surface area contributed by atoms with Crippen LogP contribution < -0.4 is 5.32 Å². The highest BCUT2D eigenvalue weighted by Crippen LogP contribution is 2.34. The maximum Gasteiger partial charge on any atom is 0.242 e. The van der Waals surface area contributed by atoms with Crippen molar-refractivity contribution in [3.8, 4) is 11.3 Å². The molecule has 22 heavy (non-hydrogen) atoms. The van der Waals surface area contributed by atoms with Crippen molar-refractivity contribution in [3.63, 3.8) is 0 Å². The summed E-state index contributed by atoms with van der Waals surface area (Å²) in [6.45, 7) is 1.61. The standard InChI is InChI=1S/C16H16Cl2N2O2/c1-9(17)16(21)19-14-8-10(6-7-12(14)18)15-11-4-2-3-5-13(11)20-22-15/h6-9H,2-5H2,1H3,(H,19,21). The molecule has 1 atom stereocenters. The summed E-state index contributed by atoms with van der Waals surface area (Å²) in [7, 11) is 0. The topological polar surface area (TPSA) is 55.1 Å². The van der Waals surface area contributed by atoms with Gasteiger partial charge >= 0.3 is 0 Å². The summed E-state index contributed by atoms with van der Waals surface area (Å²) >= 11 is 11.9. The molecule has 0 saturated carbocycles. The first-order valence-corrected chi connectivity index (χ1v) is 8.10. The third-order valence-corrected chi connectivity index (χ3v) is 4.34. The zero-order chi connectivity index (χ0) is 15.7. The van der Waals surface area contributed by atoms with Gasteiger partial charge in [0, 0.05) is 11.1 Å². The van der Waals surface area contributed by atoms with E-state index in [1.807, 2.05) is 6.07 Å². The number of nitrogens with zero attached hydrogens (tertiary/aromatic N) is 1. The lowest BCUT2D eigenvalue weighted by atomic mass is 9.94. The van der Waals surface area contributed by atoms with Crippen LogP contribution in [0.2, 0.25) is 5.02 Å². The molecule has 0 aliphatic heterocycles. The molecule has 0 radical (unpaired) electrons. The first-order chi connectivity index (χ1) is 10.6. The fourth-order valence-corrected chi connectivity index (χ4v) is 2.83. The van der Waals surface area contributed by atoms with E-state index >= 15 is 0 Å². The van der Waals surface area contributed by atoms with Gasteiger partial charge in [0.15, 0.2) is 5.76 Å². The van der Waals surface area contributed by atoms with E-state index in [9.17, 15) is 4.79 Å². The van der Waals surface area contributed by atoms with Gasteiger partial charge in [0.25, 0.3) is 0 Å². The number of amides is 1. The number of alkyl halides is 1. The third kappa shape index (κ3) is 2.99. The van der Waals surface area contributed by atoms with Crippen molar-refractivity contribution < 1.29 is 9.32 Å². The molecule has 0 bridgehead atoms. The number of aryl methyl sites for hydroxylation is 1. The molecule has 2 aromatic rings. The Balaban J connectivity index is 1.95. The molecular formula is C16H16Cl2N2O2. The summed E-state index contributed by atoms with van der Waals surface area (Å²) in [5.41, 5.74) is 3.59. The lowest BCUT2D eigenvalue weighted by Crippen LogP contribution is -2.20. The minimum absolute atomic E-state index is 0.291. The van der Waals surface area contributed by atoms with Gasteiger partial charge in [-0.1, -0.05) is 16.8 Å². The fourth-order valence-electron chi connectivity index (χ4n) is 2.61. The molecule has 1 heterocycles. The Labute approximate surface area is 138 Å². The summed E-state index contributed by atoms with van der Waals surface area (Å²) in [5, 5.41) is 6.72. The molecule has 1 amide bonds. The van der Waals surface area contributed by atoms with Crippen LogP contribution in [0.25, 0.3) is 11.3 Å². The molecule has 1 aliphatic rings. The summed E-state index contributed by atoms with van der Waals surface area (Å²) in [5.74, 6) is 0.473. The van der Waals surface area contributed by atoms with Crippen molar-refractivity contribution in [3.05, 3.63) is 34.5 Å². The van der Waals surface area contributed by atoms with Crippen LogP contribution in [0.5, 0.6) is 0 Å². The van der Waals surface area contributed by atoms with Gasteiger partial charge in [-0.15, -0.1) is 11.6 Å². The molecule has 1 aliphatic carbocycles. The molecule has 6 heteroatoms. The lowest BCUT2D eigenvalue weighted by Gasteiger charge is -2.12. The molecule has 4 nitrogen and oxygen atoms in total. The normalized spacial score (nSPS) is 15.2. The van der Waals surface area contributed by atoms with E-state index in [2.05, 4.69) is 10.5 Å². The van der Waals surface area contributed by atoms with Crippen molar-refractivity contribution in [1.82, 2.24) is 5.16 Å². The highest BCUT2D eigenvalue weighted by Gasteiger charge is 2.21. The highest BCUT2D eigenvalue weighted by molar-refractivity contribution is 6.35. The number of halogens is 2. The minimum Gasteiger partial charge on any atom is -0.356 e. The molecule has 1 aromatic heterocycles. The van der Waals surface area contributed by atoms with Crippen molar-refractivity contribution in [2.24, 2.45) is 0 Å². The van der Waals surface area contributed by atoms with Crippen molar-refractivity contribution >= 4 is 34.8 Å². The maximum absolute atomic E-state index is 11.8. The monoisotopic (exact) mass is 338 g/mol. The number of carbonyl (C=O) groups is 1. The van der Waals surface area contributed by atoms with Gasteiger partial charge in [-0.3, -0.25) is 4.79 Å². The Bertz CT molecular complexity index is 710. The van der Waals surface area contributed by atoms with Crippen LogP contribution in [0.15, 0.2) is 22.7 Å². The van der Waals surface area contributed by atoms with Crippen LogP contribution >= 0.6 is 23.2 Å². The van der Waals surface area contributed by atoms with E-state index in [0.29, 0.717) is 10.7 Å². The van der Waals surface area contributed by atoms with E-state index in [0.717, 1.165) is 48.3 Å². The first kappa shape index (κ1) is 15.4. The Morgan fingerprint density at radius 2 is 2.14 bits per heavy atom. The van der Waals surface area contributed by atoms with Gasteiger partial charge in [-0.25, -0.2) is 0 Å². The maximum atomic E-state index is 11.8. The molecule has 0 saturated heterocycles. The summed E-state index contributed by atoms with van der Waals surface area (Å²) < 4.78 is 5.52. The second kappa shape index (κ2) is 6.31. The average Bonchev–Trinajstić information content (AvgIpc) is 2.93. The van der Waals surface area contributed by atoms with E-state index in [1.54, 1.807) is 19.1 Å². The molecule has 0 spiro atoms. The lowest BCUT2D eigenvalue weighted by molar-refractivity contribution is -0.115. The molecule has 3 rings (SSSR count). The Morgan fingerprint density at radius 1 is 1.36 bits per heavy atom. The van der Waals surface area contributed by atoms with Crippen LogP contribution in [0, 0.1) is 0 Å². The van der Waals surface area contributed by atoms with E-state index in [1.165, 1.54) is 0 Å². The first-order valence-electron chi connectivity index (χ1n) is 7.28. The minimum atomic E-state index is -0.627. The third-order valence-electron chi connectivity index (χ3n) is 3.81. The fraction of sp³-hybridized carbons (Fsp3) is 0.375. The number of aromatic nitrogens is 1. The Hall–Kier alpha value is -1.52. The Morgan fingerprint density at radius 3 is 2.91 bits per heavy atom. The van der Waals surface area contributed by atoms with Crippen LogP contribution in [0.1, 0.15) is 31.0 Å². The van der Waals surface area contributed by atoms with E-state index in [4.69, 9.17) is 27.7 Å². The van der Waals surface area contributed by atoms with Crippen LogP contribution in [-0.2, 0) is 17.6 Å². The summed E-state index contributed by atoms with van der Waals surface area (Å²) in [6.07, 6.45) is 4.22.